The van der Waals surface area contributed by atoms with Gasteiger partial charge in [0.1, 0.15) is 0 Å². The van der Waals surface area contributed by atoms with Crippen LogP contribution in [0.2, 0.25) is 0 Å². The fourth-order valence-electron chi connectivity index (χ4n) is 3.43. The van der Waals surface area contributed by atoms with E-state index < -0.39 is 17.7 Å². The van der Waals surface area contributed by atoms with Crippen molar-refractivity contribution in [2.24, 2.45) is 11.3 Å². The summed E-state index contributed by atoms with van der Waals surface area (Å²) in [5, 5.41) is 17.4. The summed E-state index contributed by atoms with van der Waals surface area (Å²) in [5.74, 6) is -0.960. The number of aryl methyl sites for hydroxylation is 1. The van der Waals surface area contributed by atoms with Crippen molar-refractivity contribution in [2.45, 2.75) is 86.9 Å². The minimum Gasteiger partial charge on any atom is -0.479 e. The highest BCUT2D eigenvalue weighted by atomic mass is 16.5. The molecule has 8 nitrogen and oxygen atoms in total. The van der Waals surface area contributed by atoms with Crippen LogP contribution < -0.4 is 5.32 Å². The van der Waals surface area contributed by atoms with E-state index in [4.69, 9.17) is 4.74 Å². The molecule has 2 aromatic heterocycles. The third kappa shape index (κ3) is 7.65. The first-order valence-electron chi connectivity index (χ1n) is 11.8. The third-order valence-electron chi connectivity index (χ3n) is 5.10. The van der Waals surface area contributed by atoms with Crippen molar-refractivity contribution in [3.8, 4) is 0 Å². The average molecular weight is 473 g/mol. The molecule has 0 aromatic carbocycles. The van der Waals surface area contributed by atoms with Gasteiger partial charge in [0.15, 0.2) is 17.4 Å². The Balaban J connectivity index is 2.60. The molecule has 0 fully saturated rings. The Hall–Kier alpha value is -2.74. The smallest absolute Gasteiger partial charge is 0.337 e. The van der Waals surface area contributed by atoms with Crippen LogP contribution >= 0.6 is 0 Å². The Bertz CT molecular complexity index is 1060. The molecule has 2 rings (SSSR count). The first-order valence-corrected chi connectivity index (χ1v) is 11.8. The van der Waals surface area contributed by atoms with Crippen LogP contribution in [-0.4, -0.2) is 43.7 Å². The van der Waals surface area contributed by atoms with Crippen LogP contribution in [0, 0.1) is 18.3 Å². The van der Waals surface area contributed by atoms with Crippen molar-refractivity contribution in [1.82, 2.24) is 19.9 Å². The Morgan fingerprint density at radius 1 is 1.21 bits per heavy atom. The molecule has 2 heterocycles. The maximum Gasteiger partial charge on any atom is 0.337 e. The van der Waals surface area contributed by atoms with Gasteiger partial charge >= 0.3 is 5.97 Å². The number of carbonyl (C=O) groups is 2. The van der Waals surface area contributed by atoms with Crippen LogP contribution in [0.25, 0.3) is 11.7 Å². The number of rotatable bonds is 9. The molecule has 0 spiro atoms. The minimum absolute atomic E-state index is 0.104. The summed E-state index contributed by atoms with van der Waals surface area (Å²) in [6, 6.07) is 1.63. The molecule has 0 aliphatic rings. The first-order chi connectivity index (χ1) is 15.6. The Morgan fingerprint density at radius 3 is 2.38 bits per heavy atom. The minimum atomic E-state index is -1.23. The quantitative estimate of drug-likeness (QED) is 0.519. The first kappa shape index (κ1) is 27.5. The van der Waals surface area contributed by atoms with E-state index in [9.17, 15) is 14.7 Å². The second-order valence-electron chi connectivity index (χ2n) is 11.3. The van der Waals surface area contributed by atoms with E-state index in [1.807, 2.05) is 32.9 Å². The second-order valence-corrected chi connectivity index (χ2v) is 11.3. The summed E-state index contributed by atoms with van der Waals surface area (Å²) in [7, 11) is 0. The van der Waals surface area contributed by atoms with Gasteiger partial charge in [0.25, 0.3) is 5.91 Å². The van der Waals surface area contributed by atoms with E-state index in [1.165, 1.54) is 0 Å². The summed E-state index contributed by atoms with van der Waals surface area (Å²) in [6.45, 7) is 18.3. The molecule has 0 aliphatic heterocycles. The van der Waals surface area contributed by atoms with Crippen LogP contribution in [0.3, 0.4) is 0 Å². The van der Waals surface area contributed by atoms with Crippen molar-refractivity contribution in [2.75, 3.05) is 6.54 Å². The highest BCUT2D eigenvalue weighted by Crippen LogP contribution is 2.31. The highest BCUT2D eigenvalue weighted by molar-refractivity contribution is 5.93. The Labute approximate surface area is 202 Å². The number of carboxylic acids is 1. The normalized spacial score (nSPS) is 13.7. The summed E-state index contributed by atoms with van der Waals surface area (Å²) < 4.78 is 7.47. The van der Waals surface area contributed by atoms with Gasteiger partial charge in [-0.3, -0.25) is 4.79 Å². The molecule has 1 amide bonds. The molecule has 188 valence electrons. The third-order valence-corrected chi connectivity index (χ3v) is 5.10. The lowest BCUT2D eigenvalue weighted by Crippen LogP contribution is -2.29. The predicted molar refractivity (Wildman–Crippen MR) is 134 cm³/mol. The van der Waals surface area contributed by atoms with Crippen LogP contribution in [0.5, 0.6) is 0 Å². The van der Waals surface area contributed by atoms with Gasteiger partial charge in [-0.25, -0.2) is 14.3 Å². The van der Waals surface area contributed by atoms with Crippen LogP contribution in [0.15, 0.2) is 12.1 Å². The van der Waals surface area contributed by atoms with E-state index >= 15 is 0 Å². The molecular formula is C26H40N4O4. The number of carboxylic acid groups (broad SMARTS) is 1. The zero-order chi connectivity index (χ0) is 25.8. The molecule has 0 bridgehead atoms. The number of nitrogens with one attached hydrogen (secondary N) is 1. The molecule has 0 saturated carbocycles. The van der Waals surface area contributed by atoms with E-state index in [0.717, 1.165) is 12.8 Å². The van der Waals surface area contributed by atoms with E-state index in [0.29, 0.717) is 35.1 Å². The number of carbonyl (C=O) groups excluding carboxylic acids is 1. The number of nitrogens with zero attached hydrogens (tertiary/aromatic N) is 3. The summed E-state index contributed by atoms with van der Waals surface area (Å²) in [6.07, 6.45) is 4.25. The maximum absolute atomic E-state index is 12.8. The van der Waals surface area contributed by atoms with E-state index in [2.05, 4.69) is 50.0 Å². The highest BCUT2D eigenvalue weighted by Gasteiger charge is 2.32. The molecular weight excluding hydrogens is 432 g/mol. The van der Waals surface area contributed by atoms with E-state index in [1.54, 1.807) is 17.5 Å². The monoisotopic (exact) mass is 472 g/mol. The van der Waals surface area contributed by atoms with Crippen molar-refractivity contribution in [3.63, 3.8) is 0 Å². The lowest BCUT2D eigenvalue weighted by atomic mass is 9.92. The number of aliphatic carboxylic acids is 1. The second kappa shape index (κ2) is 10.7. The molecule has 8 heteroatoms. The molecule has 1 atom stereocenters. The van der Waals surface area contributed by atoms with Gasteiger partial charge in [0.2, 0.25) is 0 Å². The number of amides is 1. The largest absolute Gasteiger partial charge is 0.479 e. The molecule has 2 N–H and O–H groups in total. The zero-order valence-electron chi connectivity index (χ0n) is 22.0. The van der Waals surface area contributed by atoms with Crippen molar-refractivity contribution in [3.05, 3.63) is 34.8 Å². The lowest BCUT2D eigenvalue weighted by molar-refractivity contribution is -0.160. The summed E-state index contributed by atoms with van der Waals surface area (Å²) in [4.78, 5) is 29.6. The number of hydrogen-bond donors (Lipinski definition) is 2. The topological polar surface area (TPSA) is 106 Å². The molecule has 34 heavy (non-hydrogen) atoms. The molecule has 0 unspecified atom stereocenters. The van der Waals surface area contributed by atoms with E-state index in [-0.39, 0.29) is 17.0 Å². The Morgan fingerprint density at radius 2 is 1.85 bits per heavy atom. The SMILES string of the molecule is Cc1nc2cc(C(=O)NCCC(C)(C)C)nn2c(C=CCC(C)C)c1[C@H](OC(C)(C)C)C(=O)O. The fraction of sp³-hybridized carbons (Fsp3) is 0.615. The summed E-state index contributed by atoms with van der Waals surface area (Å²) >= 11 is 0. The lowest BCUT2D eigenvalue weighted by Gasteiger charge is -2.27. The fourth-order valence-corrected chi connectivity index (χ4v) is 3.43. The van der Waals surface area contributed by atoms with Crippen LogP contribution in [-0.2, 0) is 9.53 Å². The molecule has 2 aromatic rings. The van der Waals surface area contributed by atoms with Gasteiger partial charge in [0, 0.05) is 23.9 Å². The number of hydrogen-bond acceptors (Lipinski definition) is 5. The predicted octanol–water partition coefficient (Wildman–Crippen LogP) is 5.20. The molecule has 0 aliphatic carbocycles. The van der Waals surface area contributed by atoms with Crippen molar-refractivity contribution in [1.29, 1.82) is 0 Å². The standard InChI is InChI=1S/C26H40N4O4/c1-16(2)11-10-12-19-21(22(24(32)33)34-26(7,8)9)17(3)28-20-15-18(29-30(19)20)23(31)27-14-13-25(4,5)6/h10,12,15-16,22H,11,13-14H2,1-9H3,(H,27,31)(H,32,33)/t22-/m0/s1. The van der Waals surface area contributed by atoms with Gasteiger partial charge in [-0.05, 0) is 57.9 Å². The average Bonchev–Trinajstić information content (AvgIpc) is 3.08. The van der Waals surface area contributed by atoms with Gasteiger partial charge in [0.05, 0.1) is 11.3 Å². The number of allylic oxidation sites excluding steroid dienone is 1. The van der Waals surface area contributed by atoms with Gasteiger partial charge < -0.3 is 15.2 Å². The van der Waals surface area contributed by atoms with Crippen LogP contribution in [0.4, 0.5) is 0 Å². The summed E-state index contributed by atoms with van der Waals surface area (Å²) in [5.41, 5.74) is 1.63. The van der Waals surface area contributed by atoms with Gasteiger partial charge in [-0.15, -0.1) is 0 Å². The number of ether oxygens (including phenoxy) is 1. The van der Waals surface area contributed by atoms with Crippen LogP contribution in [0.1, 0.15) is 102 Å². The van der Waals surface area contributed by atoms with Crippen molar-refractivity contribution >= 4 is 23.6 Å². The molecule has 0 radical (unpaired) electrons. The number of fused-ring (bicyclic) bond motifs is 1. The van der Waals surface area contributed by atoms with Crippen molar-refractivity contribution < 1.29 is 19.4 Å². The van der Waals surface area contributed by atoms with Gasteiger partial charge in [-0.2, -0.15) is 5.10 Å². The van der Waals surface area contributed by atoms with Gasteiger partial charge in [-0.1, -0.05) is 40.7 Å². The number of aromatic nitrogens is 3. The Kier molecular flexibility index (Phi) is 8.64. The zero-order valence-corrected chi connectivity index (χ0v) is 22.0. The molecule has 0 saturated heterocycles. The maximum atomic E-state index is 12.8.